The third kappa shape index (κ3) is 3.68. The first kappa shape index (κ1) is 17.1. The summed E-state index contributed by atoms with van der Waals surface area (Å²) in [4.78, 5) is 24.8. The van der Waals surface area contributed by atoms with Gasteiger partial charge in [0, 0.05) is 12.6 Å². The zero-order valence-electron chi connectivity index (χ0n) is 13.7. The van der Waals surface area contributed by atoms with Gasteiger partial charge >= 0.3 is 0 Å². The Morgan fingerprint density at radius 1 is 1.08 bits per heavy atom. The first-order chi connectivity index (χ1) is 11.9. The van der Waals surface area contributed by atoms with E-state index in [-0.39, 0.29) is 11.6 Å². The first-order valence-corrected chi connectivity index (χ1v) is 8.01. The van der Waals surface area contributed by atoms with Gasteiger partial charge < -0.3 is 10.6 Å². The molecule has 1 fully saturated rings. The van der Waals surface area contributed by atoms with Crippen LogP contribution in [0.2, 0.25) is 0 Å². The van der Waals surface area contributed by atoms with E-state index >= 15 is 0 Å². The number of hydrogen-bond acceptors (Lipinski definition) is 2. The average molecular weight is 344 g/mol. The molecule has 0 saturated heterocycles. The van der Waals surface area contributed by atoms with Gasteiger partial charge in [0.05, 0.1) is 5.69 Å². The first-order valence-electron chi connectivity index (χ1n) is 8.01. The van der Waals surface area contributed by atoms with E-state index in [2.05, 4.69) is 10.6 Å². The number of amides is 2. The predicted octanol–water partition coefficient (Wildman–Crippen LogP) is 3.31. The lowest BCUT2D eigenvalue weighted by molar-refractivity contribution is -0.134. The molecule has 4 nitrogen and oxygen atoms in total. The lowest BCUT2D eigenvalue weighted by atomic mass is 10.0. The minimum absolute atomic E-state index is 0.135. The molecule has 0 spiro atoms. The van der Waals surface area contributed by atoms with Gasteiger partial charge in [-0.3, -0.25) is 9.59 Å². The molecule has 1 saturated carbocycles. The summed E-state index contributed by atoms with van der Waals surface area (Å²) in [6.07, 6.45) is 0.808. The second kappa shape index (κ2) is 6.63. The average Bonchev–Trinajstić information content (AvgIpc) is 3.37. The molecule has 0 aliphatic heterocycles. The zero-order valence-corrected chi connectivity index (χ0v) is 13.7. The lowest BCUT2D eigenvalue weighted by Gasteiger charge is -2.16. The molecule has 2 aromatic rings. The molecule has 0 heterocycles. The lowest BCUT2D eigenvalue weighted by Crippen LogP contribution is -2.39. The van der Waals surface area contributed by atoms with Crippen molar-refractivity contribution < 1.29 is 18.4 Å². The molecule has 130 valence electrons. The van der Waals surface area contributed by atoms with E-state index < -0.39 is 23.0 Å². The van der Waals surface area contributed by atoms with Crippen LogP contribution in [0.4, 0.5) is 14.5 Å². The van der Waals surface area contributed by atoms with Gasteiger partial charge in [0.25, 0.3) is 0 Å². The predicted molar refractivity (Wildman–Crippen MR) is 89.7 cm³/mol. The molecule has 2 aromatic carbocycles. The summed E-state index contributed by atoms with van der Waals surface area (Å²) in [5.74, 6) is -2.55. The Hall–Kier alpha value is -2.76. The second-order valence-electron chi connectivity index (χ2n) is 6.33. The van der Waals surface area contributed by atoms with E-state index in [0.29, 0.717) is 25.5 Å². The van der Waals surface area contributed by atoms with Crippen LogP contribution in [0.15, 0.2) is 42.5 Å². The van der Waals surface area contributed by atoms with Crippen LogP contribution in [-0.4, -0.2) is 11.8 Å². The molecule has 2 N–H and O–H groups in total. The summed E-state index contributed by atoms with van der Waals surface area (Å²) in [6, 6.07) is 10.6. The summed E-state index contributed by atoms with van der Waals surface area (Å²) in [6.45, 7) is 2.28. The van der Waals surface area contributed by atoms with Gasteiger partial charge in [0.15, 0.2) is 0 Å². The number of carbonyl (C=O) groups is 2. The van der Waals surface area contributed by atoms with Crippen molar-refractivity contribution in [2.45, 2.75) is 26.3 Å². The minimum Gasteiger partial charge on any atom is -0.351 e. The number of hydrogen-bond donors (Lipinski definition) is 2. The van der Waals surface area contributed by atoms with Crippen molar-refractivity contribution in [1.29, 1.82) is 0 Å². The smallest absolute Gasteiger partial charge is 0.240 e. The summed E-state index contributed by atoms with van der Waals surface area (Å²) in [5, 5.41) is 5.15. The number of anilines is 1. The van der Waals surface area contributed by atoms with Crippen LogP contribution >= 0.6 is 0 Å². The number of benzene rings is 2. The topological polar surface area (TPSA) is 58.2 Å². The van der Waals surface area contributed by atoms with Crippen molar-refractivity contribution in [2.24, 2.45) is 5.41 Å². The Morgan fingerprint density at radius 2 is 1.84 bits per heavy atom. The highest BCUT2D eigenvalue weighted by atomic mass is 19.1. The Balaban J connectivity index is 1.64. The number of halogens is 2. The molecule has 1 aliphatic rings. The van der Waals surface area contributed by atoms with Gasteiger partial charge in [-0.1, -0.05) is 29.8 Å². The van der Waals surface area contributed by atoms with Crippen molar-refractivity contribution in [3.05, 3.63) is 65.2 Å². The van der Waals surface area contributed by atoms with E-state index in [4.69, 9.17) is 0 Å². The molecule has 0 radical (unpaired) electrons. The maximum Gasteiger partial charge on any atom is 0.240 e. The summed E-state index contributed by atoms with van der Waals surface area (Å²) >= 11 is 0. The van der Waals surface area contributed by atoms with Crippen LogP contribution in [-0.2, 0) is 16.1 Å². The molecule has 6 heteroatoms. The molecular formula is C19H18F2N2O2. The van der Waals surface area contributed by atoms with Crippen molar-refractivity contribution in [2.75, 3.05) is 5.32 Å². The van der Waals surface area contributed by atoms with E-state index in [1.807, 2.05) is 31.2 Å². The third-order valence-electron chi connectivity index (χ3n) is 4.33. The highest BCUT2D eigenvalue weighted by molar-refractivity contribution is 6.13. The van der Waals surface area contributed by atoms with Crippen LogP contribution in [0, 0.1) is 24.0 Å². The summed E-state index contributed by atoms with van der Waals surface area (Å²) < 4.78 is 26.6. The molecule has 3 rings (SSSR count). The van der Waals surface area contributed by atoms with E-state index in [1.165, 1.54) is 0 Å². The highest BCUT2D eigenvalue weighted by Gasteiger charge is 2.56. The number of aryl methyl sites for hydroxylation is 1. The van der Waals surface area contributed by atoms with Crippen molar-refractivity contribution >= 4 is 17.5 Å². The quantitative estimate of drug-likeness (QED) is 0.818. The van der Waals surface area contributed by atoms with Crippen LogP contribution in [0.25, 0.3) is 0 Å². The fourth-order valence-corrected chi connectivity index (χ4v) is 2.69. The maximum atomic E-state index is 13.7. The Morgan fingerprint density at radius 3 is 2.48 bits per heavy atom. The van der Waals surface area contributed by atoms with Gasteiger partial charge in [0.2, 0.25) is 11.8 Å². The van der Waals surface area contributed by atoms with Crippen LogP contribution in [0.3, 0.4) is 0 Å². The minimum atomic E-state index is -1.18. The second-order valence-corrected chi connectivity index (χ2v) is 6.33. The normalized spacial score (nSPS) is 14.7. The number of nitrogens with one attached hydrogen (secondary N) is 2. The number of rotatable bonds is 5. The van der Waals surface area contributed by atoms with Crippen molar-refractivity contribution in [3.63, 3.8) is 0 Å². The van der Waals surface area contributed by atoms with Gasteiger partial charge in [-0.2, -0.15) is 0 Å². The summed E-state index contributed by atoms with van der Waals surface area (Å²) in [7, 11) is 0. The van der Waals surface area contributed by atoms with E-state index in [1.54, 1.807) is 0 Å². The number of carbonyl (C=O) groups excluding carboxylic acids is 2. The fourth-order valence-electron chi connectivity index (χ4n) is 2.69. The van der Waals surface area contributed by atoms with Gasteiger partial charge in [-0.15, -0.1) is 0 Å². The molecule has 0 aromatic heterocycles. The fraction of sp³-hybridized carbons (Fsp3) is 0.263. The molecule has 1 aliphatic carbocycles. The van der Waals surface area contributed by atoms with Crippen LogP contribution in [0.5, 0.6) is 0 Å². The monoisotopic (exact) mass is 344 g/mol. The van der Waals surface area contributed by atoms with Gasteiger partial charge in [0.1, 0.15) is 17.0 Å². The zero-order chi connectivity index (χ0) is 18.0. The van der Waals surface area contributed by atoms with E-state index in [9.17, 15) is 18.4 Å². The molecule has 25 heavy (non-hydrogen) atoms. The standard InChI is InChI=1S/C19H18F2N2O2/c1-12-3-2-4-13(9-12)11-22-17(24)19(7-8-19)18(25)23-16-6-5-14(20)10-15(16)21/h2-6,9-10H,7-8,11H2,1H3,(H,22,24)(H,23,25). The Bertz CT molecular complexity index is 832. The van der Waals surface area contributed by atoms with Gasteiger partial charge in [-0.05, 0) is 37.5 Å². The third-order valence-corrected chi connectivity index (χ3v) is 4.33. The van der Waals surface area contributed by atoms with Crippen molar-refractivity contribution in [3.8, 4) is 0 Å². The maximum absolute atomic E-state index is 13.7. The molecular weight excluding hydrogens is 326 g/mol. The Kier molecular flexibility index (Phi) is 4.53. The molecule has 0 unspecified atom stereocenters. The van der Waals surface area contributed by atoms with Gasteiger partial charge in [-0.25, -0.2) is 8.78 Å². The molecule has 2 amide bonds. The van der Waals surface area contributed by atoms with Crippen molar-refractivity contribution in [1.82, 2.24) is 5.32 Å². The molecule has 0 bridgehead atoms. The Labute approximate surface area is 144 Å². The highest BCUT2D eigenvalue weighted by Crippen LogP contribution is 2.47. The largest absolute Gasteiger partial charge is 0.351 e. The summed E-state index contributed by atoms with van der Waals surface area (Å²) in [5.41, 5.74) is 0.709. The van der Waals surface area contributed by atoms with Crippen LogP contribution in [0.1, 0.15) is 24.0 Å². The SMILES string of the molecule is Cc1cccc(CNC(=O)C2(C(=O)Nc3ccc(F)cc3F)CC2)c1. The van der Waals surface area contributed by atoms with Crippen LogP contribution < -0.4 is 10.6 Å². The van der Waals surface area contributed by atoms with E-state index in [0.717, 1.165) is 23.3 Å². The molecule has 0 atom stereocenters.